The molecular formula is C13H14Br2F3NO2S. The van der Waals surface area contributed by atoms with Gasteiger partial charge in [0.15, 0.2) is 0 Å². The lowest BCUT2D eigenvalue weighted by Crippen LogP contribution is -2.47. The minimum Gasteiger partial charge on any atom is -0.207 e. The average Bonchev–Trinajstić information content (AvgIpc) is 2.36. The smallest absolute Gasteiger partial charge is 0.207 e. The molecule has 1 aromatic carbocycles. The van der Waals surface area contributed by atoms with Gasteiger partial charge in [-0.15, -0.1) is 0 Å². The van der Waals surface area contributed by atoms with E-state index in [9.17, 15) is 21.6 Å². The minimum absolute atomic E-state index is 0.0435. The van der Waals surface area contributed by atoms with Crippen LogP contribution in [-0.4, -0.2) is 20.6 Å². The van der Waals surface area contributed by atoms with E-state index in [-0.39, 0.29) is 17.7 Å². The predicted octanol–water partition coefficient (Wildman–Crippen LogP) is 4.61. The van der Waals surface area contributed by atoms with Gasteiger partial charge in [-0.1, -0.05) is 28.8 Å². The highest BCUT2D eigenvalue weighted by Gasteiger charge is 2.46. The minimum atomic E-state index is -4.40. The average molecular weight is 465 g/mol. The first-order chi connectivity index (χ1) is 10.1. The van der Waals surface area contributed by atoms with Crippen LogP contribution in [-0.2, 0) is 10.0 Å². The van der Waals surface area contributed by atoms with E-state index in [4.69, 9.17) is 0 Å². The Morgan fingerprint density at radius 1 is 1.14 bits per heavy atom. The van der Waals surface area contributed by atoms with Gasteiger partial charge in [0.1, 0.15) is 0 Å². The SMILES string of the molecule is O=S(=O)(NC1CCCCC1C(F)(F)F)c1ccc(Br)cc1Br. The summed E-state index contributed by atoms with van der Waals surface area (Å²) in [5, 5.41) is 0. The van der Waals surface area contributed by atoms with Crippen molar-refractivity contribution in [1.29, 1.82) is 0 Å². The van der Waals surface area contributed by atoms with E-state index in [1.54, 1.807) is 0 Å². The molecule has 2 rings (SSSR count). The van der Waals surface area contributed by atoms with Crippen molar-refractivity contribution < 1.29 is 21.6 Å². The van der Waals surface area contributed by atoms with Crippen molar-refractivity contribution >= 4 is 41.9 Å². The van der Waals surface area contributed by atoms with E-state index in [1.807, 2.05) is 0 Å². The molecule has 1 N–H and O–H groups in total. The molecule has 1 aliphatic carbocycles. The van der Waals surface area contributed by atoms with Crippen molar-refractivity contribution in [2.45, 2.75) is 42.8 Å². The van der Waals surface area contributed by atoms with Crippen LogP contribution in [0.2, 0.25) is 0 Å². The molecule has 2 atom stereocenters. The number of halogens is 5. The summed E-state index contributed by atoms with van der Waals surface area (Å²) in [4.78, 5) is -0.0674. The number of nitrogens with one attached hydrogen (secondary N) is 1. The number of benzene rings is 1. The third-order valence-electron chi connectivity index (χ3n) is 3.68. The van der Waals surface area contributed by atoms with Crippen LogP contribution >= 0.6 is 31.9 Å². The lowest BCUT2D eigenvalue weighted by Gasteiger charge is -2.33. The fraction of sp³-hybridized carbons (Fsp3) is 0.538. The highest BCUT2D eigenvalue weighted by molar-refractivity contribution is 9.11. The van der Waals surface area contributed by atoms with E-state index >= 15 is 0 Å². The molecule has 0 spiro atoms. The first-order valence-electron chi connectivity index (χ1n) is 6.65. The molecule has 0 aromatic heterocycles. The van der Waals surface area contributed by atoms with Crippen molar-refractivity contribution in [3.63, 3.8) is 0 Å². The summed E-state index contributed by atoms with van der Waals surface area (Å²) < 4.78 is 67.1. The van der Waals surface area contributed by atoms with Crippen molar-refractivity contribution in [1.82, 2.24) is 4.72 Å². The van der Waals surface area contributed by atoms with Gasteiger partial charge < -0.3 is 0 Å². The van der Waals surface area contributed by atoms with Gasteiger partial charge in [0.25, 0.3) is 0 Å². The molecule has 0 heterocycles. The number of hydrogen-bond donors (Lipinski definition) is 1. The Bertz CT molecular complexity index is 649. The Labute approximate surface area is 144 Å². The molecule has 1 fully saturated rings. The standard InChI is InChI=1S/C13H14Br2F3NO2S/c14-8-5-6-12(10(15)7-8)22(20,21)19-11-4-2-1-3-9(11)13(16,17)18/h5-7,9,11,19H,1-4H2. The molecule has 0 aliphatic heterocycles. The highest BCUT2D eigenvalue weighted by atomic mass is 79.9. The zero-order chi connectivity index (χ0) is 16.5. The maximum Gasteiger partial charge on any atom is 0.393 e. The summed E-state index contributed by atoms with van der Waals surface area (Å²) in [6, 6.07) is 3.30. The molecule has 3 nitrogen and oxygen atoms in total. The molecule has 124 valence electrons. The third kappa shape index (κ3) is 4.24. The van der Waals surface area contributed by atoms with Crippen LogP contribution in [0, 0.1) is 5.92 Å². The second kappa shape index (κ2) is 6.78. The molecule has 2 unspecified atom stereocenters. The number of hydrogen-bond acceptors (Lipinski definition) is 2. The van der Waals surface area contributed by atoms with Gasteiger partial charge in [0, 0.05) is 15.0 Å². The summed E-state index contributed by atoms with van der Waals surface area (Å²) in [6.45, 7) is 0. The summed E-state index contributed by atoms with van der Waals surface area (Å²) in [5.74, 6) is -1.63. The summed E-state index contributed by atoms with van der Waals surface area (Å²) in [6.07, 6.45) is -3.20. The van der Waals surface area contributed by atoms with Crippen LogP contribution in [0.25, 0.3) is 0 Å². The van der Waals surface area contributed by atoms with Crippen molar-refractivity contribution in [2.24, 2.45) is 5.92 Å². The van der Waals surface area contributed by atoms with E-state index in [0.29, 0.717) is 21.8 Å². The first-order valence-corrected chi connectivity index (χ1v) is 9.72. The van der Waals surface area contributed by atoms with Gasteiger partial charge in [0.05, 0.1) is 10.8 Å². The largest absolute Gasteiger partial charge is 0.393 e. The fourth-order valence-electron chi connectivity index (χ4n) is 2.62. The van der Waals surface area contributed by atoms with Gasteiger partial charge in [0.2, 0.25) is 10.0 Å². The highest BCUT2D eigenvalue weighted by Crippen LogP contribution is 2.38. The van der Waals surface area contributed by atoms with Crippen LogP contribution in [0.15, 0.2) is 32.0 Å². The van der Waals surface area contributed by atoms with Gasteiger partial charge >= 0.3 is 6.18 Å². The molecule has 9 heteroatoms. The van der Waals surface area contributed by atoms with Crippen LogP contribution in [0.5, 0.6) is 0 Å². The normalized spacial score (nSPS) is 23.5. The maximum absolute atomic E-state index is 13.1. The molecule has 1 aliphatic rings. The van der Waals surface area contributed by atoms with Gasteiger partial charge in [-0.25, -0.2) is 13.1 Å². The number of rotatable bonds is 3. The third-order valence-corrected chi connectivity index (χ3v) is 6.64. The van der Waals surface area contributed by atoms with Crippen LogP contribution in [0.4, 0.5) is 13.2 Å². The zero-order valence-electron chi connectivity index (χ0n) is 11.3. The van der Waals surface area contributed by atoms with Crippen molar-refractivity contribution in [3.8, 4) is 0 Å². The summed E-state index contributed by atoms with van der Waals surface area (Å²) in [5.41, 5.74) is 0. The second-order valence-corrected chi connectivity index (χ2v) is 8.69. The lowest BCUT2D eigenvalue weighted by molar-refractivity contribution is -0.187. The van der Waals surface area contributed by atoms with Crippen molar-refractivity contribution in [3.05, 3.63) is 27.1 Å². The Morgan fingerprint density at radius 2 is 1.77 bits per heavy atom. The Morgan fingerprint density at radius 3 is 2.36 bits per heavy atom. The van der Waals surface area contributed by atoms with Crippen LogP contribution in [0.1, 0.15) is 25.7 Å². The van der Waals surface area contributed by atoms with Crippen molar-refractivity contribution in [2.75, 3.05) is 0 Å². The summed E-state index contributed by atoms with van der Waals surface area (Å²) >= 11 is 6.33. The van der Waals surface area contributed by atoms with E-state index < -0.39 is 28.2 Å². The number of sulfonamides is 1. The molecule has 1 aromatic rings. The Hall–Kier alpha value is -0.120. The topological polar surface area (TPSA) is 46.2 Å². The maximum atomic E-state index is 13.1. The van der Waals surface area contributed by atoms with E-state index in [0.717, 1.165) is 0 Å². The van der Waals surface area contributed by atoms with Crippen LogP contribution in [0.3, 0.4) is 0 Å². The zero-order valence-corrected chi connectivity index (χ0v) is 15.3. The second-order valence-electron chi connectivity index (χ2n) is 5.24. The summed E-state index contributed by atoms with van der Waals surface area (Å²) in [7, 11) is -4.02. The number of alkyl halides is 3. The van der Waals surface area contributed by atoms with E-state index in [1.165, 1.54) is 18.2 Å². The molecular weight excluding hydrogens is 451 g/mol. The molecule has 0 radical (unpaired) electrons. The monoisotopic (exact) mass is 463 g/mol. The molecule has 0 bridgehead atoms. The molecule has 1 saturated carbocycles. The first kappa shape index (κ1) is 18.2. The van der Waals surface area contributed by atoms with Gasteiger partial charge in [-0.2, -0.15) is 13.2 Å². The quantitative estimate of drug-likeness (QED) is 0.709. The molecule has 22 heavy (non-hydrogen) atoms. The van der Waals surface area contributed by atoms with Gasteiger partial charge in [-0.05, 0) is 47.0 Å². The van der Waals surface area contributed by atoms with Crippen LogP contribution < -0.4 is 4.72 Å². The predicted molar refractivity (Wildman–Crippen MR) is 84.0 cm³/mol. The Balaban J connectivity index is 2.27. The molecule has 0 amide bonds. The Kier molecular flexibility index (Phi) is 5.62. The van der Waals surface area contributed by atoms with Gasteiger partial charge in [-0.3, -0.25) is 0 Å². The molecule has 0 saturated heterocycles. The lowest BCUT2D eigenvalue weighted by atomic mass is 9.85. The van der Waals surface area contributed by atoms with E-state index in [2.05, 4.69) is 36.6 Å². The fourth-order valence-corrected chi connectivity index (χ4v) is 5.68.